The van der Waals surface area contributed by atoms with Crippen molar-refractivity contribution in [2.75, 3.05) is 23.7 Å². The molecule has 2 N–H and O–H groups in total. The maximum Gasteiger partial charge on any atom is 0.253 e. The number of hydrogen-bond donors (Lipinski definition) is 2. The van der Waals surface area contributed by atoms with E-state index in [0.29, 0.717) is 13.1 Å². The maximum atomic E-state index is 13.0. The van der Waals surface area contributed by atoms with Crippen molar-refractivity contribution in [1.82, 2.24) is 9.88 Å². The Morgan fingerprint density at radius 3 is 2.68 bits per heavy atom. The van der Waals surface area contributed by atoms with Gasteiger partial charge in [-0.3, -0.25) is 9.79 Å². The number of fused-ring (bicyclic) bond motifs is 1. The van der Waals surface area contributed by atoms with Gasteiger partial charge in [0.25, 0.3) is 5.91 Å². The third-order valence-electron chi connectivity index (χ3n) is 5.17. The number of amides is 1. The first kappa shape index (κ1) is 18.5. The van der Waals surface area contributed by atoms with Gasteiger partial charge in [0.15, 0.2) is 5.82 Å². The van der Waals surface area contributed by atoms with Crippen LogP contribution in [0.1, 0.15) is 43.1 Å². The smallest absolute Gasteiger partial charge is 0.253 e. The fourth-order valence-electron chi connectivity index (χ4n) is 3.78. The fraction of sp³-hybridized carbons (Fsp3) is 0.409. The Kier molecular flexibility index (Phi) is 4.37. The molecule has 3 heterocycles. The molecule has 6 heteroatoms. The van der Waals surface area contributed by atoms with E-state index in [0.717, 1.165) is 34.9 Å². The van der Waals surface area contributed by atoms with E-state index in [1.54, 1.807) is 6.20 Å². The molecule has 1 fully saturated rings. The first-order valence-corrected chi connectivity index (χ1v) is 9.72. The molecule has 1 spiro atoms. The second kappa shape index (κ2) is 6.62. The van der Waals surface area contributed by atoms with Gasteiger partial charge in [0.05, 0.1) is 17.8 Å². The molecule has 1 aromatic heterocycles. The minimum absolute atomic E-state index is 0.0609. The summed E-state index contributed by atoms with van der Waals surface area (Å²) in [7, 11) is 0. The summed E-state index contributed by atoms with van der Waals surface area (Å²) in [5, 5.41) is 7.07. The zero-order chi connectivity index (χ0) is 19.9. The van der Waals surface area contributed by atoms with Crippen LogP contribution < -0.4 is 10.6 Å². The highest BCUT2D eigenvalue weighted by Crippen LogP contribution is 2.36. The van der Waals surface area contributed by atoms with Crippen LogP contribution in [0.3, 0.4) is 0 Å². The monoisotopic (exact) mass is 377 g/mol. The van der Waals surface area contributed by atoms with Crippen LogP contribution in [0, 0.1) is 6.92 Å². The van der Waals surface area contributed by atoms with Crippen LogP contribution in [0.25, 0.3) is 0 Å². The molecule has 28 heavy (non-hydrogen) atoms. The molecule has 0 saturated carbocycles. The highest BCUT2D eigenvalue weighted by atomic mass is 16.2. The van der Waals surface area contributed by atoms with E-state index in [1.165, 1.54) is 0 Å². The predicted molar refractivity (Wildman–Crippen MR) is 113 cm³/mol. The van der Waals surface area contributed by atoms with Crippen LogP contribution in [0.5, 0.6) is 0 Å². The van der Waals surface area contributed by atoms with Gasteiger partial charge >= 0.3 is 0 Å². The third-order valence-corrected chi connectivity index (χ3v) is 5.17. The Morgan fingerprint density at radius 1 is 1.21 bits per heavy atom. The number of aliphatic imine (C=N–C) groups is 1. The summed E-state index contributed by atoms with van der Waals surface area (Å²) < 4.78 is 0. The average Bonchev–Trinajstić information content (AvgIpc) is 3.06. The fourth-order valence-corrected chi connectivity index (χ4v) is 3.78. The second-order valence-electron chi connectivity index (χ2n) is 8.71. The number of nitrogens with zero attached hydrogens (tertiary/aromatic N) is 3. The first-order chi connectivity index (χ1) is 13.3. The summed E-state index contributed by atoms with van der Waals surface area (Å²) in [6.07, 6.45) is 2.56. The van der Waals surface area contributed by atoms with E-state index in [9.17, 15) is 4.79 Å². The number of aryl methyl sites for hydroxylation is 1. The van der Waals surface area contributed by atoms with Crippen LogP contribution >= 0.6 is 0 Å². The Hall–Kier alpha value is -2.89. The van der Waals surface area contributed by atoms with Gasteiger partial charge in [0, 0.05) is 18.3 Å². The minimum atomic E-state index is -0.427. The number of hydrogen-bond acceptors (Lipinski definition) is 4. The zero-order valence-corrected chi connectivity index (χ0v) is 16.9. The van der Waals surface area contributed by atoms with Crippen LogP contribution in [-0.2, 0) is 0 Å². The van der Waals surface area contributed by atoms with Crippen molar-refractivity contribution in [1.29, 1.82) is 0 Å². The molecule has 4 rings (SSSR count). The van der Waals surface area contributed by atoms with Gasteiger partial charge in [-0.05, 0) is 58.4 Å². The largest absolute Gasteiger partial charge is 0.368 e. The molecule has 1 saturated heterocycles. The highest BCUT2D eigenvalue weighted by Gasteiger charge is 2.47. The van der Waals surface area contributed by atoms with E-state index in [-0.39, 0.29) is 11.4 Å². The minimum Gasteiger partial charge on any atom is -0.368 e. The van der Waals surface area contributed by atoms with E-state index < -0.39 is 5.54 Å². The number of amidine groups is 1. The van der Waals surface area contributed by atoms with Gasteiger partial charge in [0.1, 0.15) is 11.4 Å². The number of likely N-dealkylation sites (tertiary alicyclic amines) is 1. The molecule has 146 valence electrons. The van der Waals surface area contributed by atoms with Crippen molar-refractivity contribution in [3.8, 4) is 0 Å². The lowest BCUT2D eigenvalue weighted by molar-refractivity contribution is 0.0789. The summed E-state index contributed by atoms with van der Waals surface area (Å²) in [4.78, 5) is 24.3. The van der Waals surface area contributed by atoms with E-state index in [1.807, 2.05) is 48.2 Å². The summed E-state index contributed by atoms with van der Waals surface area (Å²) in [6, 6.07) is 11.7. The maximum absolute atomic E-state index is 13.0. The molecule has 1 aromatic carbocycles. The summed E-state index contributed by atoms with van der Waals surface area (Å²) in [5.41, 5.74) is 2.15. The molecule has 2 aromatic rings. The van der Waals surface area contributed by atoms with Crippen molar-refractivity contribution >= 4 is 23.2 Å². The standard InChI is InChI=1S/C22H27N5O/c1-15-7-9-16(10-8-15)19(28)27-13-11-22(14-27)20(26-21(2,3)4)24-18-17(25-22)6-5-12-23-18/h5-10,12,25H,11,13-14H2,1-4H3,(H,23,24,26)/t22-/m1/s1. The number of pyridine rings is 1. The number of nitrogens with one attached hydrogen (secondary N) is 2. The third kappa shape index (κ3) is 3.46. The SMILES string of the molecule is Cc1ccc(C(=O)N2CC[C@]3(C2)Nc2cccnc2NC3=NC(C)(C)C)cc1. The normalized spacial score (nSPS) is 22.7. The topological polar surface area (TPSA) is 69.6 Å². The van der Waals surface area contributed by atoms with Gasteiger partial charge in [-0.25, -0.2) is 4.98 Å². The molecule has 0 radical (unpaired) electrons. The molecule has 2 aliphatic rings. The number of anilines is 2. The molecule has 0 aliphatic carbocycles. The molecule has 2 aliphatic heterocycles. The van der Waals surface area contributed by atoms with Gasteiger partial charge in [-0.1, -0.05) is 17.7 Å². The van der Waals surface area contributed by atoms with Crippen molar-refractivity contribution in [2.45, 2.75) is 45.2 Å². The van der Waals surface area contributed by atoms with Gasteiger partial charge in [-0.15, -0.1) is 0 Å². The molecule has 0 bridgehead atoms. The first-order valence-electron chi connectivity index (χ1n) is 9.72. The second-order valence-corrected chi connectivity index (χ2v) is 8.71. The van der Waals surface area contributed by atoms with Gasteiger partial charge in [-0.2, -0.15) is 0 Å². The number of carbonyl (C=O) groups is 1. The number of benzene rings is 1. The van der Waals surface area contributed by atoms with Crippen LogP contribution in [-0.4, -0.2) is 45.8 Å². The Bertz CT molecular complexity index is 929. The Morgan fingerprint density at radius 2 is 1.96 bits per heavy atom. The van der Waals surface area contributed by atoms with Gasteiger partial charge in [0.2, 0.25) is 0 Å². The number of rotatable bonds is 1. The molecule has 1 atom stereocenters. The Labute approximate surface area is 166 Å². The Balaban J connectivity index is 1.66. The van der Waals surface area contributed by atoms with Crippen LogP contribution in [0.4, 0.5) is 11.5 Å². The summed E-state index contributed by atoms with van der Waals surface area (Å²) in [6.45, 7) is 9.50. The number of aromatic nitrogens is 1. The van der Waals surface area contributed by atoms with Crippen LogP contribution in [0.15, 0.2) is 47.6 Å². The zero-order valence-electron chi connectivity index (χ0n) is 16.9. The molecule has 0 unspecified atom stereocenters. The lowest BCUT2D eigenvalue weighted by Gasteiger charge is -2.39. The van der Waals surface area contributed by atoms with Crippen molar-refractivity contribution in [3.05, 3.63) is 53.7 Å². The van der Waals surface area contributed by atoms with E-state index >= 15 is 0 Å². The van der Waals surface area contributed by atoms with E-state index in [2.05, 4.69) is 36.4 Å². The summed E-state index contributed by atoms with van der Waals surface area (Å²) in [5.74, 6) is 1.69. The lowest BCUT2D eigenvalue weighted by Crippen LogP contribution is -2.55. The molecule has 6 nitrogen and oxygen atoms in total. The summed E-state index contributed by atoms with van der Waals surface area (Å²) >= 11 is 0. The van der Waals surface area contributed by atoms with Crippen LogP contribution in [0.2, 0.25) is 0 Å². The van der Waals surface area contributed by atoms with Crippen molar-refractivity contribution < 1.29 is 4.79 Å². The van der Waals surface area contributed by atoms with E-state index in [4.69, 9.17) is 4.99 Å². The quantitative estimate of drug-likeness (QED) is 0.795. The molecular formula is C22H27N5O. The number of carbonyl (C=O) groups excluding carboxylic acids is 1. The van der Waals surface area contributed by atoms with Gasteiger partial charge < -0.3 is 15.5 Å². The van der Waals surface area contributed by atoms with Crippen molar-refractivity contribution in [3.63, 3.8) is 0 Å². The van der Waals surface area contributed by atoms with Crippen molar-refractivity contribution in [2.24, 2.45) is 4.99 Å². The molecular weight excluding hydrogens is 350 g/mol. The predicted octanol–water partition coefficient (Wildman–Crippen LogP) is 3.71. The molecule has 1 amide bonds. The average molecular weight is 377 g/mol. The highest BCUT2D eigenvalue weighted by molar-refractivity contribution is 6.10. The lowest BCUT2D eigenvalue weighted by atomic mass is 9.93.